The summed E-state index contributed by atoms with van der Waals surface area (Å²) in [7, 11) is 3.08. The zero-order chi connectivity index (χ0) is 20.1. The van der Waals surface area contributed by atoms with E-state index in [9.17, 15) is 4.79 Å². The van der Waals surface area contributed by atoms with Crippen LogP contribution in [0.3, 0.4) is 0 Å². The zero-order valence-corrected chi connectivity index (χ0v) is 17.6. The maximum Gasteiger partial charge on any atom is 0.257 e. The Hall–Kier alpha value is -2.52. The molecule has 0 aliphatic heterocycles. The van der Waals surface area contributed by atoms with Gasteiger partial charge in [-0.05, 0) is 25.1 Å². The number of thioether (sulfide) groups is 1. The Balaban J connectivity index is 1.64. The number of methoxy groups -OCH3 is 2. The third-order valence-electron chi connectivity index (χ3n) is 3.91. The first kappa shape index (κ1) is 20.2. The number of aromatic nitrogens is 2. The average Bonchev–Trinajstić information content (AvgIpc) is 3.36. The number of benzene rings is 1. The molecule has 3 rings (SSSR count). The largest absolute Gasteiger partial charge is 0.493 e. The molecule has 0 saturated carbocycles. The summed E-state index contributed by atoms with van der Waals surface area (Å²) in [6.45, 7) is 4.05. The van der Waals surface area contributed by atoms with Crippen molar-refractivity contribution in [3.05, 3.63) is 47.8 Å². The molecule has 7 nitrogen and oxygen atoms in total. The Morgan fingerprint density at radius 3 is 2.71 bits per heavy atom. The Kier molecular flexibility index (Phi) is 6.58. The molecule has 1 amide bonds. The summed E-state index contributed by atoms with van der Waals surface area (Å²) in [5.41, 5.74) is 0.460. The first-order chi connectivity index (χ1) is 13.5. The van der Waals surface area contributed by atoms with Crippen molar-refractivity contribution in [3.63, 3.8) is 0 Å². The number of oxazole rings is 1. The summed E-state index contributed by atoms with van der Waals surface area (Å²) in [5.74, 6) is 2.36. The second-order valence-electron chi connectivity index (χ2n) is 5.79. The van der Waals surface area contributed by atoms with Gasteiger partial charge in [0.25, 0.3) is 5.91 Å². The minimum absolute atomic E-state index is 0.0511. The number of aryl methyl sites for hydroxylation is 1. The van der Waals surface area contributed by atoms with Crippen LogP contribution in [0.2, 0.25) is 0 Å². The van der Waals surface area contributed by atoms with Crippen LogP contribution in [0.15, 0.2) is 39.2 Å². The summed E-state index contributed by atoms with van der Waals surface area (Å²) in [4.78, 5) is 21.1. The highest BCUT2D eigenvalue weighted by molar-refractivity contribution is 8.01. The highest BCUT2D eigenvalue weighted by atomic mass is 32.2. The quantitative estimate of drug-likeness (QED) is 0.524. The smallest absolute Gasteiger partial charge is 0.257 e. The molecule has 9 heteroatoms. The number of carbonyl (C=O) groups excluding carboxylic acids is 1. The summed E-state index contributed by atoms with van der Waals surface area (Å²) in [6.07, 6.45) is 4.31. The van der Waals surface area contributed by atoms with Crippen molar-refractivity contribution in [3.8, 4) is 11.5 Å². The molecule has 1 atom stereocenters. The lowest BCUT2D eigenvalue weighted by atomic mass is 10.2. The van der Waals surface area contributed by atoms with E-state index in [1.165, 1.54) is 18.4 Å². The first-order valence-corrected chi connectivity index (χ1v) is 10.3. The van der Waals surface area contributed by atoms with Gasteiger partial charge in [-0.15, -0.1) is 11.8 Å². The molecule has 28 heavy (non-hydrogen) atoms. The van der Waals surface area contributed by atoms with E-state index in [4.69, 9.17) is 13.9 Å². The number of anilines is 1. The number of ether oxygens (including phenoxy) is 2. The molecule has 148 valence electrons. The molecule has 3 aromatic rings. The van der Waals surface area contributed by atoms with E-state index in [1.54, 1.807) is 49.5 Å². The fourth-order valence-corrected chi connectivity index (χ4v) is 4.50. The van der Waals surface area contributed by atoms with Gasteiger partial charge in [0.05, 0.1) is 36.1 Å². The van der Waals surface area contributed by atoms with Crippen LogP contribution in [0.5, 0.6) is 11.5 Å². The minimum Gasteiger partial charge on any atom is -0.493 e. The molecular weight excluding hydrogens is 398 g/mol. The van der Waals surface area contributed by atoms with Crippen molar-refractivity contribution < 1.29 is 18.7 Å². The van der Waals surface area contributed by atoms with Crippen molar-refractivity contribution in [2.75, 3.05) is 19.5 Å². The number of nitrogens with zero attached hydrogens (tertiary/aromatic N) is 2. The van der Waals surface area contributed by atoms with Crippen LogP contribution in [-0.4, -0.2) is 30.1 Å². The molecule has 0 bridgehead atoms. The second kappa shape index (κ2) is 9.11. The molecule has 1 aromatic carbocycles. The van der Waals surface area contributed by atoms with E-state index in [2.05, 4.69) is 15.3 Å². The molecule has 0 spiro atoms. The van der Waals surface area contributed by atoms with E-state index in [0.717, 1.165) is 16.4 Å². The number of rotatable bonds is 8. The van der Waals surface area contributed by atoms with Crippen LogP contribution < -0.4 is 14.8 Å². The van der Waals surface area contributed by atoms with E-state index < -0.39 is 0 Å². The average molecular weight is 420 g/mol. The monoisotopic (exact) mass is 419 g/mol. The molecule has 0 aliphatic carbocycles. The molecule has 1 unspecified atom stereocenters. The number of amides is 1. The molecule has 0 aliphatic rings. The lowest BCUT2D eigenvalue weighted by Crippen LogP contribution is -2.11. The maximum absolute atomic E-state index is 12.5. The van der Waals surface area contributed by atoms with Crippen LogP contribution in [-0.2, 0) is 6.42 Å². The van der Waals surface area contributed by atoms with E-state index in [1.807, 2.05) is 13.8 Å². The van der Waals surface area contributed by atoms with Crippen molar-refractivity contribution in [2.45, 2.75) is 29.7 Å². The number of carbonyl (C=O) groups is 1. The van der Waals surface area contributed by atoms with Crippen molar-refractivity contribution in [1.29, 1.82) is 0 Å². The Labute approximate surface area is 171 Å². The predicted molar refractivity (Wildman–Crippen MR) is 110 cm³/mol. The SMILES string of the molecule is CCc1cnc(C(C)Sc2cnc(NC(=O)c3ccc(OC)c(OC)c3)s2)o1. The van der Waals surface area contributed by atoms with Crippen molar-refractivity contribution in [1.82, 2.24) is 9.97 Å². The van der Waals surface area contributed by atoms with E-state index >= 15 is 0 Å². The highest BCUT2D eigenvalue weighted by Gasteiger charge is 2.17. The Bertz CT molecular complexity index is 954. The fourth-order valence-electron chi connectivity index (χ4n) is 2.42. The van der Waals surface area contributed by atoms with Gasteiger partial charge in [-0.2, -0.15) is 0 Å². The topological polar surface area (TPSA) is 86.5 Å². The van der Waals surface area contributed by atoms with Crippen LogP contribution in [0.25, 0.3) is 0 Å². The summed E-state index contributed by atoms with van der Waals surface area (Å²) < 4.78 is 17.1. The van der Waals surface area contributed by atoms with Gasteiger partial charge in [-0.1, -0.05) is 18.3 Å². The van der Waals surface area contributed by atoms with Gasteiger partial charge in [0, 0.05) is 12.0 Å². The molecule has 0 radical (unpaired) electrons. The summed E-state index contributed by atoms with van der Waals surface area (Å²) in [6, 6.07) is 5.00. The van der Waals surface area contributed by atoms with Crippen LogP contribution >= 0.6 is 23.1 Å². The molecule has 1 N–H and O–H groups in total. The molecule has 2 heterocycles. The first-order valence-electron chi connectivity index (χ1n) is 8.64. The third-order valence-corrected chi connectivity index (χ3v) is 6.05. The van der Waals surface area contributed by atoms with E-state index in [-0.39, 0.29) is 11.2 Å². The standard InChI is InChI=1S/C19H21N3O4S2/c1-5-13-9-20-18(26-13)11(2)27-16-10-21-19(28-16)22-17(23)12-6-7-14(24-3)15(8-12)25-4/h6-11H,5H2,1-4H3,(H,21,22,23). The lowest BCUT2D eigenvalue weighted by molar-refractivity contribution is 0.102. The fraction of sp³-hybridized carbons (Fsp3) is 0.316. The van der Waals surface area contributed by atoms with Crippen molar-refractivity contribution in [2.24, 2.45) is 0 Å². The van der Waals surface area contributed by atoms with Gasteiger partial charge in [0.2, 0.25) is 5.89 Å². The highest BCUT2D eigenvalue weighted by Crippen LogP contribution is 2.38. The van der Waals surface area contributed by atoms with Crippen molar-refractivity contribution >= 4 is 34.1 Å². The number of hydrogen-bond acceptors (Lipinski definition) is 8. The number of thiazole rings is 1. The molecule has 0 saturated heterocycles. The molecule has 2 aromatic heterocycles. The molecule has 0 fully saturated rings. The summed E-state index contributed by atoms with van der Waals surface area (Å²) >= 11 is 2.99. The zero-order valence-electron chi connectivity index (χ0n) is 16.0. The van der Waals surface area contributed by atoms with Gasteiger partial charge < -0.3 is 13.9 Å². The number of hydrogen-bond donors (Lipinski definition) is 1. The normalized spacial score (nSPS) is 11.9. The lowest BCUT2D eigenvalue weighted by Gasteiger charge is -2.09. The minimum atomic E-state index is -0.264. The second-order valence-corrected chi connectivity index (χ2v) is 8.46. The van der Waals surface area contributed by atoms with E-state index in [0.29, 0.717) is 28.1 Å². The van der Waals surface area contributed by atoms with Crippen LogP contribution in [0, 0.1) is 0 Å². The van der Waals surface area contributed by atoms with Gasteiger partial charge in [-0.3, -0.25) is 10.1 Å². The Morgan fingerprint density at radius 2 is 2.04 bits per heavy atom. The van der Waals surface area contributed by atoms with Crippen LogP contribution in [0.4, 0.5) is 5.13 Å². The van der Waals surface area contributed by atoms with Gasteiger partial charge in [0.15, 0.2) is 16.6 Å². The van der Waals surface area contributed by atoms with Gasteiger partial charge >= 0.3 is 0 Å². The number of nitrogens with one attached hydrogen (secondary N) is 1. The van der Waals surface area contributed by atoms with Crippen LogP contribution in [0.1, 0.15) is 41.1 Å². The van der Waals surface area contributed by atoms with Gasteiger partial charge in [-0.25, -0.2) is 9.97 Å². The molecular formula is C19H21N3O4S2. The van der Waals surface area contributed by atoms with Gasteiger partial charge in [0.1, 0.15) is 5.76 Å². The summed E-state index contributed by atoms with van der Waals surface area (Å²) in [5, 5.41) is 3.39. The third kappa shape index (κ3) is 4.66. The predicted octanol–water partition coefficient (Wildman–Crippen LogP) is 4.82. The Morgan fingerprint density at radius 1 is 1.25 bits per heavy atom. The maximum atomic E-state index is 12.5.